The van der Waals surface area contributed by atoms with Crippen LogP contribution in [0.1, 0.15) is 24.8 Å². The van der Waals surface area contributed by atoms with Gasteiger partial charge in [-0.15, -0.1) is 0 Å². The molecule has 0 aliphatic heterocycles. The summed E-state index contributed by atoms with van der Waals surface area (Å²) in [6.45, 7) is 0.299. The van der Waals surface area contributed by atoms with Gasteiger partial charge in [0.05, 0.1) is 13.7 Å². The highest BCUT2D eigenvalue weighted by atomic mass is 16.5. The molecule has 0 bridgehead atoms. The van der Waals surface area contributed by atoms with Crippen LogP contribution in [0.5, 0.6) is 5.88 Å². The molecule has 4 N–H and O–H groups in total. The zero-order chi connectivity index (χ0) is 22.1. The fourth-order valence-corrected chi connectivity index (χ4v) is 4.25. The first-order valence-electron chi connectivity index (χ1n) is 10.8. The predicted octanol–water partition coefficient (Wildman–Crippen LogP) is 4.31. The number of nitrogens with two attached hydrogens (primary N) is 1. The van der Waals surface area contributed by atoms with Crippen molar-refractivity contribution in [1.29, 1.82) is 0 Å². The third kappa shape index (κ3) is 3.49. The maximum absolute atomic E-state index is 9.13. The lowest BCUT2D eigenvalue weighted by molar-refractivity contribution is 0.253. The van der Waals surface area contributed by atoms with Crippen LogP contribution in [0.2, 0.25) is 0 Å². The largest absolute Gasteiger partial charge is 0.480 e. The molecule has 0 radical (unpaired) electrons. The number of aromatic nitrogens is 2. The first-order valence-corrected chi connectivity index (χ1v) is 10.8. The minimum absolute atomic E-state index is 0.0304. The zero-order valence-electron chi connectivity index (χ0n) is 18.0. The van der Waals surface area contributed by atoms with Crippen LogP contribution in [0.25, 0.3) is 33.6 Å². The molecule has 0 atom stereocenters. The maximum Gasteiger partial charge on any atom is 0.236 e. The molecule has 2 heterocycles. The smallest absolute Gasteiger partial charge is 0.236 e. The molecule has 2 aromatic carbocycles. The molecule has 32 heavy (non-hydrogen) atoms. The fraction of sp³-hybridized carbons (Fsp3) is 0.280. The summed E-state index contributed by atoms with van der Waals surface area (Å²) in [6, 6.07) is 18.3. The Morgan fingerprint density at radius 2 is 1.81 bits per heavy atom. The molecule has 5 rings (SSSR count). The highest BCUT2D eigenvalue weighted by Crippen LogP contribution is 2.45. The summed E-state index contributed by atoms with van der Waals surface area (Å²) < 4.78 is 11.9. The molecule has 4 aromatic rings. The van der Waals surface area contributed by atoms with Gasteiger partial charge < -0.3 is 25.3 Å². The van der Waals surface area contributed by atoms with E-state index >= 15 is 0 Å². The molecule has 0 spiro atoms. The Bertz CT molecular complexity index is 1230. The Labute approximate surface area is 186 Å². The van der Waals surface area contributed by atoms with Crippen molar-refractivity contribution in [1.82, 2.24) is 9.97 Å². The SMILES string of the molecule is COc1nc(NCCO)nc2oc(-c3ccc(C4(N)CCC4)cc3)c(-c3ccccc3)c12. The molecule has 1 saturated carbocycles. The molecule has 0 saturated heterocycles. The van der Waals surface area contributed by atoms with E-state index in [1.807, 2.05) is 30.3 Å². The molecule has 7 nitrogen and oxygen atoms in total. The number of rotatable bonds is 7. The number of furan rings is 1. The molecular weight excluding hydrogens is 404 g/mol. The average Bonchev–Trinajstić information content (AvgIpc) is 3.21. The summed E-state index contributed by atoms with van der Waals surface area (Å²) in [5.74, 6) is 1.45. The van der Waals surface area contributed by atoms with E-state index < -0.39 is 0 Å². The molecule has 0 unspecified atom stereocenters. The second-order valence-electron chi connectivity index (χ2n) is 8.15. The number of anilines is 1. The van der Waals surface area contributed by atoms with Crippen molar-refractivity contribution in [3.05, 3.63) is 60.2 Å². The van der Waals surface area contributed by atoms with Gasteiger partial charge in [0, 0.05) is 23.2 Å². The third-order valence-corrected chi connectivity index (χ3v) is 6.14. The Morgan fingerprint density at radius 1 is 1.06 bits per heavy atom. The molecule has 1 aliphatic carbocycles. The second-order valence-corrected chi connectivity index (χ2v) is 8.15. The number of hydrogen-bond donors (Lipinski definition) is 3. The van der Waals surface area contributed by atoms with Crippen molar-refractivity contribution in [2.24, 2.45) is 5.73 Å². The number of fused-ring (bicyclic) bond motifs is 1. The normalized spacial score (nSPS) is 14.8. The van der Waals surface area contributed by atoms with Crippen LogP contribution in [0.15, 0.2) is 59.0 Å². The van der Waals surface area contributed by atoms with E-state index in [9.17, 15) is 0 Å². The Morgan fingerprint density at radius 3 is 2.44 bits per heavy atom. The molecule has 7 heteroatoms. The Kier molecular flexibility index (Phi) is 5.28. The van der Waals surface area contributed by atoms with Gasteiger partial charge >= 0.3 is 0 Å². The van der Waals surface area contributed by atoms with Crippen molar-refractivity contribution in [2.75, 3.05) is 25.6 Å². The average molecular weight is 431 g/mol. The van der Waals surface area contributed by atoms with Crippen LogP contribution in [0.3, 0.4) is 0 Å². The van der Waals surface area contributed by atoms with Crippen molar-refractivity contribution < 1.29 is 14.3 Å². The second kappa shape index (κ2) is 8.26. The van der Waals surface area contributed by atoms with Crippen molar-refractivity contribution in [3.8, 4) is 28.3 Å². The van der Waals surface area contributed by atoms with Crippen LogP contribution in [-0.2, 0) is 5.54 Å². The van der Waals surface area contributed by atoms with Gasteiger partial charge in [-0.05, 0) is 30.4 Å². The standard InChI is InChI=1S/C25H26N4O3/c1-31-22-20-19(16-6-3-2-4-7-16)21(32-23(20)29-24(28-22)27-14-15-30)17-8-10-18(11-9-17)25(26)12-5-13-25/h2-4,6-11,30H,5,12-15,26H2,1H3,(H,27,28,29). The lowest BCUT2D eigenvalue weighted by Crippen LogP contribution is -2.43. The van der Waals surface area contributed by atoms with Crippen molar-refractivity contribution >= 4 is 17.0 Å². The number of aliphatic hydroxyl groups excluding tert-OH is 1. The highest BCUT2D eigenvalue weighted by molar-refractivity contribution is 6.03. The topological polar surface area (TPSA) is 106 Å². The van der Waals surface area contributed by atoms with Gasteiger partial charge in [-0.3, -0.25) is 0 Å². The van der Waals surface area contributed by atoms with Crippen LogP contribution >= 0.6 is 0 Å². The van der Waals surface area contributed by atoms with Gasteiger partial charge in [0.25, 0.3) is 0 Å². The molecular formula is C25H26N4O3. The predicted molar refractivity (Wildman–Crippen MR) is 125 cm³/mol. The molecule has 0 amide bonds. The first-order chi connectivity index (χ1) is 15.6. The molecule has 2 aromatic heterocycles. The van der Waals surface area contributed by atoms with E-state index in [2.05, 4.69) is 39.6 Å². The number of hydrogen-bond acceptors (Lipinski definition) is 7. The number of nitrogens with one attached hydrogen (secondary N) is 1. The summed E-state index contributed by atoms with van der Waals surface area (Å²) in [6.07, 6.45) is 3.20. The van der Waals surface area contributed by atoms with Crippen molar-refractivity contribution in [3.63, 3.8) is 0 Å². The minimum Gasteiger partial charge on any atom is -0.480 e. The van der Waals surface area contributed by atoms with Crippen LogP contribution < -0.4 is 15.8 Å². The third-order valence-electron chi connectivity index (χ3n) is 6.14. The van der Waals surface area contributed by atoms with Crippen molar-refractivity contribution in [2.45, 2.75) is 24.8 Å². The van der Waals surface area contributed by atoms with Gasteiger partial charge in [-0.25, -0.2) is 0 Å². The highest BCUT2D eigenvalue weighted by Gasteiger charge is 2.34. The summed E-state index contributed by atoms with van der Waals surface area (Å²) in [7, 11) is 1.58. The molecule has 1 fully saturated rings. The number of methoxy groups -OCH3 is 1. The van der Waals surface area contributed by atoms with Gasteiger partial charge in [-0.1, -0.05) is 54.6 Å². The molecule has 164 valence electrons. The van der Waals surface area contributed by atoms with E-state index in [1.165, 1.54) is 6.42 Å². The summed E-state index contributed by atoms with van der Waals surface area (Å²) in [5.41, 5.74) is 10.7. The van der Waals surface area contributed by atoms with Gasteiger partial charge in [0.2, 0.25) is 17.5 Å². The van der Waals surface area contributed by atoms with E-state index in [0.29, 0.717) is 35.2 Å². The number of ether oxygens (including phenoxy) is 1. The van der Waals surface area contributed by atoms with Gasteiger partial charge in [-0.2, -0.15) is 9.97 Å². The van der Waals surface area contributed by atoms with E-state index in [1.54, 1.807) is 7.11 Å². The number of aliphatic hydroxyl groups is 1. The van der Waals surface area contributed by atoms with Crippen LogP contribution in [-0.4, -0.2) is 35.3 Å². The maximum atomic E-state index is 9.13. The zero-order valence-corrected chi connectivity index (χ0v) is 18.0. The summed E-state index contributed by atoms with van der Waals surface area (Å²) in [5, 5.41) is 12.8. The van der Waals surface area contributed by atoms with Crippen LogP contribution in [0.4, 0.5) is 5.95 Å². The monoisotopic (exact) mass is 430 g/mol. The minimum atomic E-state index is -0.212. The molecule has 1 aliphatic rings. The van der Waals surface area contributed by atoms with Gasteiger partial charge in [0.15, 0.2) is 0 Å². The Hall–Kier alpha value is -3.42. The van der Waals surface area contributed by atoms with E-state index in [4.69, 9.17) is 20.0 Å². The van der Waals surface area contributed by atoms with E-state index in [-0.39, 0.29) is 12.1 Å². The van der Waals surface area contributed by atoms with Gasteiger partial charge in [0.1, 0.15) is 11.1 Å². The first kappa shape index (κ1) is 20.5. The quantitative estimate of drug-likeness (QED) is 0.401. The van der Waals surface area contributed by atoms with E-state index in [0.717, 1.165) is 35.1 Å². The lowest BCUT2D eigenvalue weighted by atomic mass is 9.72. The lowest BCUT2D eigenvalue weighted by Gasteiger charge is -2.38. The number of nitrogens with zero attached hydrogens (tertiary/aromatic N) is 2. The number of benzene rings is 2. The fourth-order valence-electron chi connectivity index (χ4n) is 4.25. The summed E-state index contributed by atoms with van der Waals surface area (Å²) in [4.78, 5) is 9.02. The Balaban J connectivity index is 1.69. The summed E-state index contributed by atoms with van der Waals surface area (Å²) >= 11 is 0. The van der Waals surface area contributed by atoms with Crippen LogP contribution in [0, 0.1) is 0 Å².